The maximum atomic E-state index is 5.62. The Balaban J connectivity index is 1.46. The molecule has 0 atom stereocenters. The van der Waals surface area contributed by atoms with Crippen LogP contribution in [0.3, 0.4) is 0 Å². The number of thiocarbonyl (C=S) groups is 1. The first kappa shape index (κ1) is 20.3. The third-order valence-electron chi connectivity index (χ3n) is 3.99. The lowest BCUT2D eigenvalue weighted by atomic mass is 10.1. The van der Waals surface area contributed by atoms with Crippen molar-refractivity contribution in [3.05, 3.63) is 66.2 Å². The Morgan fingerprint density at radius 3 is 2.41 bits per heavy atom. The predicted octanol–water partition coefficient (Wildman–Crippen LogP) is 3.82. The molecule has 29 heavy (non-hydrogen) atoms. The number of rotatable bonds is 8. The van der Waals surface area contributed by atoms with Gasteiger partial charge in [-0.25, -0.2) is 0 Å². The highest BCUT2D eigenvalue weighted by atomic mass is 32.1. The lowest BCUT2D eigenvalue weighted by Crippen LogP contribution is -2.30. The number of hydrogen-bond donors (Lipinski definition) is 2. The normalized spacial score (nSPS) is 10.1. The summed E-state index contributed by atoms with van der Waals surface area (Å²) in [5.74, 6) is 3.07. The SMILES string of the molecule is COc1ccc(CCNC(=S)Nc2ccc(Oc3ccccc3)nn2)cc1OC. The van der Waals surface area contributed by atoms with Gasteiger partial charge in [-0.2, -0.15) is 0 Å². The van der Waals surface area contributed by atoms with Gasteiger partial charge in [0.15, 0.2) is 22.4 Å². The molecular weight excluding hydrogens is 388 g/mol. The van der Waals surface area contributed by atoms with Crippen LogP contribution in [-0.2, 0) is 6.42 Å². The van der Waals surface area contributed by atoms with Gasteiger partial charge in [-0.1, -0.05) is 24.3 Å². The zero-order valence-electron chi connectivity index (χ0n) is 16.2. The molecule has 0 spiro atoms. The second-order valence-corrected chi connectivity index (χ2v) is 6.40. The fourth-order valence-corrected chi connectivity index (χ4v) is 2.77. The molecular formula is C21H22N4O3S. The van der Waals surface area contributed by atoms with Crippen molar-refractivity contribution >= 4 is 23.1 Å². The molecule has 0 fully saturated rings. The molecule has 0 amide bonds. The van der Waals surface area contributed by atoms with Crippen LogP contribution in [0.1, 0.15) is 5.56 Å². The van der Waals surface area contributed by atoms with Gasteiger partial charge in [0, 0.05) is 12.6 Å². The average Bonchev–Trinajstić information content (AvgIpc) is 2.75. The van der Waals surface area contributed by atoms with Gasteiger partial charge in [-0.3, -0.25) is 0 Å². The van der Waals surface area contributed by atoms with E-state index >= 15 is 0 Å². The van der Waals surface area contributed by atoms with Crippen molar-refractivity contribution in [2.24, 2.45) is 0 Å². The van der Waals surface area contributed by atoms with Gasteiger partial charge in [-0.15, -0.1) is 10.2 Å². The number of nitrogens with one attached hydrogen (secondary N) is 2. The largest absolute Gasteiger partial charge is 0.493 e. The number of benzene rings is 2. The third-order valence-corrected chi connectivity index (χ3v) is 4.24. The summed E-state index contributed by atoms with van der Waals surface area (Å²) in [4.78, 5) is 0. The molecule has 3 aromatic rings. The van der Waals surface area contributed by atoms with Crippen molar-refractivity contribution in [1.29, 1.82) is 0 Å². The number of nitrogens with zero attached hydrogens (tertiary/aromatic N) is 2. The smallest absolute Gasteiger partial charge is 0.238 e. The van der Waals surface area contributed by atoms with Crippen LogP contribution in [0.2, 0.25) is 0 Å². The van der Waals surface area contributed by atoms with E-state index < -0.39 is 0 Å². The summed E-state index contributed by atoms with van der Waals surface area (Å²) >= 11 is 5.31. The molecule has 0 aliphatic heterocycles. The fourth-order valence-electron chi connectivity index (χ4n) is 2.57. The molecule has 0 radical (unpaired) electrons. The number of para-hydroxylation sites is 1. The summed E-state index contributed by atoms with van der Waals surface area (Å²) < 4.78 is 16.2. The highest BCUT2D eigenvalue weighted by molar-refractivity contribution is 7.80. The first-order chi connectivity index (χ1) is 14.2. The topological polar surface area (TPSA) is 77.5 Å². The molecule has 0 saturated heterocycles. The molecule has 0 unspecified atom stereocenters. The Labute approximate surface area is 175 Å². The number of hydrogen-bond acceptors (Lipinski definition) is 6. The van der Waals surface area contributed by atoms with Crippen LogP contribution >= 0.6 is 12.2 Å². The number of aromatic nitrogens is 2. The van der Waals surface area contributed by atoms with Crippen molar-refractivity contribution in [1.82, 2.24) is 15.5 Å². The van der Waals surface area contributed by atoms with Crippen LogP contribution in [0.4, 0.5) is 5.82 Å². The third kappa shape index (κ3) is 6.05. The molecule has 1 aromatic heterocycles. The van der Waals surface area contributed by atoms with Crippen molar-refractivity contribution in [2.75, 3.05) is 26.1 Å². The highest BCUT2D eigenvalue weighted by Gasteiger charge is 2.06. The minimum Gasteiger partial charge on any atom is -0.493 e. The molecule has 150 valence electrons. The van der Waals surface area contributed by atoms with Gasteiger partial charge in [0.05, 0.1) is 14.2 Å². The van der Waals surface area contributed by atoms with E-state index in [9.17, 15) is 0 Å². The fraction of sp³-hybridized carbons (Fsp3) is 0.190. The Bertz CT molecular complexity index is 936. The van der Waals surface area contributed by atoms with Gasteiger partial charge in [0.1, 0.15) is 5.75 Å². The van der Waals surface area contributed by atoms with Crippen LogP contribution in [-0.4, -0.2) is 36.1 Å². The predicted molar refractivity (Wildman–Crippen MR) is 116 cm³/mol. The number of anilines is 1. The Morgan fingerprint density at radius 2 is 1.72 bits per heavy atom. The summed E-state index contributed by atoms with van der Waals surface area (Å²) in [7, 11) is 3.24. The zero-order chi connectivity index (χ0) is 20.5. The summed E-state index contributed by atoms with van der Waals surface area (Å²) in [5.41, 5.74) is 1.11. The maximum absolute atomic E-state index is 5.62. The minimum atomic E-state index is 0.411. The van der Waals surface area contributed by atoms with Crippen molar-refractivity contribution in [3.63, 3.8) is 0 Å². The summed E-state index contributed by atoms with van der Waals surface area (Å²) in [5, 5.41) is 14.7. The molecule has 2 N–H and O–H groups in total. The molecule has 8 heteroatoms. The van der Waals surface area contributed by atoms with Crippen molar-refractivity contribution < 1.29 is 14.2 Å². The van der Waals surface area contributed by atoms with Gasteiger partial charge in [0.2, 0.25) is 5.88 Å². The van der Waals surface area contributed by atoms with E-state index in [1.807, 2.05) is 48.5 Å². The summed E-state index contributed by atoms with van der Waals surface area (Å²) in [6.45, 7) is 0.657. The molecule has 0 saturated carbocycles. The lowest BCUT2D eigenvalue weighted by molar-refractivity contribution is 0.354. The molecule has 1 heterocycles. The van der Waals surface area contributed by atoms with E-state index in [2.05, 4.69) is 20.8 Å². The van der Waals surface area contributed by atoms with Crippen LogP contribution < -0.4 is 24.8 Å². The van der Waals surface area contributed by atoms with Crippen LogP contribution in [0.5, 0.6) is 23.1 Å². The molecule has 2 aromatic carbocycles. The van der Waals surface area contributed by atoms with Gasteiger partial charge >= 0.3 is 0 Å². The van der Waals surface area contributed by atoms with Gasteiger partial charge < -0.3 is 24.8 Å². The van der Waals surface area contributed by atoms with Crippen molar-refractivity contribution in [2.45, 2.75) is 6.42 Å². The van der Waals surface area contributed by atoms with E-state index in [-0.39, 0.29) is 0 Å². The molecule has 0 aliphatic carbocycles. The molecule has 7 nitrogen and oxygen atoms in total. The first-order valence-corrected chi connectivity index (χ1v) is 9.41. The standard InChI is InChI=1S/C21H22N4O3S/c1-26-17-9-8-15(14-18(17)27-2)12-13-22-21(29)23-19-10-11-20(25-24-19)28-16-6-4-3-5-7-16/h3-11,14H,12-13H2,1-2H3,(H2,22,23,24,29). The Hall–Kier alpha value is -3.39. The van der Waals surface area contributed by atoms with Crippen molar-refractivity contribution in [3.8, 4) is 23.1 Å². The van der Waals surface area contributed by atoms with Crippen LogP contribution in [0, 0.1) is 0 Å². The Morgan fingerprint density at radius 1 is 0.931 bits per heavy atom. The summed E-state index contributed by atoms with van der Waals surface area (Å²) in [6.07, 6.45) is 0.776. The maximum Gasteiger partial charge on any atom is 0.238 e. The quantitative estimate of drug-likeness (QED) is 0.543. The lowest BCUT2D eigenvalue weighted by Gasteiger charge is -2.12. The highest BCUT2D eigenvalue weighted by Crippen LogP contribution is 2.27. The van der Waals surface area contributed by atoms with E-state index in [1.165, 1.54) is 0 Å². The minimum absolute atomic E-state index is 0.411. The first-order valence-electron chi connectivity index (χ1n) is 9.00. The monoisotopic (exact) mass is 410 g/mol. The number of ether oxygens (including phenoxy) is 3. The van der Waals surface area contributed by atoms with Gasteiger partial charge in [-0.05, 0) is 54.5 Å². The van der Waals surface area contributed by atoms with E-state index in [4.69, 9.17) is 26.4 Å². The van der Waals surface area contributed by atoms with E-state index in [0.717, 1.165) is 12.0 Å². The Kier molecular flexibility index (Phi) is 7.18. The van der Waals surface area contributed by atoms with Crippen LogP contribution in [0.15, 0.2) is 60.7 Å². The number of methoxy groups -OCH3 is 2. The van der Waals surface area contributed by atoms with Crippen LogP contribution in [0.25, 0.3) is 0 Å². The van der Waals surface area contributed by atoms with Gasteiger partial charge in [0.25, 0.3) is 0 Å². The molecule has 0 bridgehead atoms. The second kappa shape index (κ2) is 10.2. The molecule has 0 aliphatic rings. The second-order valence-electron chi connectivity index (χ2n) is 5.99. The zero-order valence-corrected chi connectivity index (χ0v) is 17.0. The average molecular weight is 410 g/mol. The molecule has 3 rings (SSSR count). The van der Waals surface area contributed by atoms with E-state index in [0.29, 0.717) is 40.6 Å². The van der Waals surface area contributed by atoms with E-state index in [1.54, 1.807) is 26.4 Å². The summed E-state index contributed by atoms with van der Waals surface area (Å²) in [6, 6.07) is 18.7.